The van der Waals surface area contributed by atoms with Gasteiger partial charge in [0.25, 0.3) is 0 Å². The van der Waals surface area contributed by atoms with Crippen LogP contribution in [0.15, 0.2) is 23.1 Å². The minimum atomic E-state index is -3.53. The molecule has 2 unspecified atom stereocenters. The summed E-state index contributed by atoms with van der Waals surface area (Å²) in [5.74, 6) is 0. The number of nitrogen functional groups attached to an aromatic ring is 1. The van der Waals surface area contributed by atoms with E-state index in [9.17, 15) is 8.42 Å². The van der Waals surface area contributed by atoms with Gasteiger partial charge in [-0.3, -0.25) is 0 Å². The maximum atomic E-state index is 12.5. The number of aryl methyl sites for hydroxylation is 1. The highest BCUT2D eigenvalue weighted by Crippen LogP contribution is 2.25. The van der Waals surface area contributed by atoms with Crippen molar-refractivity contribution in [3.05, 3.63) is 23.8 Å². The summed E-state index contributed by atoms with van der Waals surface area (Å²) in [6.07, 6.45) is 3.22. The molecular weight excluding hydrogens is 276 g/mol. The van der Waals surface area contributed by atoms with Crippen LogP contribution in [0.5, 0.6) is 0 Å². The summed E-state index contributed by atoms with van der Waals surface area (Å²) in [4.78, 5) is 0.292. The molecule has 0 saturated heterocycles. The van der Waals surface area contributed by atoms with Crippen molar-refractivity contribution < 1.29 is 13.2 Å². The fourth-order valence-corrected chi connectivity index (χ4v) is 4.29. The van der Waals surface area contributed by atoms with E-state index < -0.39 is 10.0 Å². The van der Waals surface area contributed by atoms with Crippen LogP contribution in [0.2, 0.25) is 0 Å². The van der Waals surface area contributed by atoms with Crippen molar-refractivity contribution in [1.82, 2.24) is 4.72 Å². The van der Waals surface area contributed by atoms with E-state index >= 15 is 0 Å². The Kier molecular flexibility index (Phi) is 4.67. The lowest BCUT2D eigenvalue weighted by atomic mass is 10.1. The normalized spacial score (nSPS) is 23.1. The third-order valence-corrected chi connectivity index (χ3v) is 5.40. The molecule has 1 fully saturated rings. The van der Waals surface area contributed by atoms with Crippen LogP contribution < -0.4 is 10.5 Å². The largest absolute Gasteiger partial charge is 0.399 e. The molecule has 6 heteroatoms. The predicted molar refractivity (Wildman–Crippen MR) is 79.0 cm³/mol. The molecule has 1 aliphatic carbocycles. The molecule has 0 radical (unpaired) electrons. The number of nitrogens with one attached hydrogen (secondary N) is 1. The Morgan fingerprint density at radius 2 is 2.15 bits per heavy atom. The third-order valence-electron chi connectivity index (χ3n) is 3.80. The molecule has 1 aromatic carbocycles. The molecule has 1 aromatic rings. The van der Waals surface area contributed by atoms with Crippen LogP contribution in [-0.2, 0) is 21.2 Å². The molecule has 20 heavy (non-hydrogen) atoms. The lowest BCUT2D eigenvalue weighted by Gasteiger charge is -2.16. The van der Waals surface area contributed by atoms with Gasteiger partial charge < -0.3 is 10.5 Å². The average molecular weight is 298 g/mol. The Morgan fingerprint density at radius 3 is 2.75 bits per heavy atom. The first-order valence-corrected chi connectivity index (χ1v) is 8.38. The molecule has 3 N–H and O–H groups in total. The van der Waals surface area contributed by atoms with Crippen molar-refractivity contribution in [2.75, 3.05) is 12.8 Å². The Labute approximate surface area is 120 Å². The van der Waals surface area contributed by atoms with E-state index in [2.05, 4.69) is 4.72 Å². The second-order valence-corrected chi connectivity index (χ2v) is 6.89. The lowest BCUT2D eigenvalue weighted by Crippen LogP contribution is -2.34. The standard InChI is InChI=1S/C14H22N2O3S/c1-3-10-4-5-11(15)8-14(10)20(17,18)16-12-6-7-13(9-12)19-2/h4-5,8,12-13,16H,3,6-7,9,15H2,1-2H3. The molecule has 112 valence electrons. The maximum absolute atomic E-state index is 12.5. The average Bonchev–Trinajstić information content (AvgIpc) is 2.85. The highest BCUT2D eigenvalue weighted by atomic mass is 32.2. The summed E-state index contributed by atoms with van der Waals surface area (Å²) in [7, 11) is -1.86. The third kappa shape index (κ3) is 3.31. The van der Waals surface area contributed by atoms with Gasteiger partial charge in [0.2, 0.25) is 10.0 Å². The lowest BCUT2D eigenvalue weighted by molar-refractivity contribution is 0.107. The Balaban J connectivity index is 2.20. The molecule has 1 aliphatic rings. The summed E-state index contributed by atoms with van der Waals surface area (Å²) in [6.45, 7) is 1.93. The molecule has 0 aliphatic heterocycles. The second-order valence-electron chi connectivity index (χ2n) is 5.21. The summed E-state index contributed by atoms with van der Waals surface area (Å²) < 4.78 is 33.1. The van der Waals surface area contributed by atoms with Crippen molar-refractivity contribution in [2.45, 2.75) is 49.6 Å². The van der Waals surface area contributed by atoms with Crippen LogP contribution in [-0.4, -0.2) is 27.7 Å². The smallest absolute Gasteiger partial charge is 0.241 e. The van der Waals surface area contributed by atoms with Crippen LogP contribution in [0.1, 0.15) is 31.7 Å². The molecule has 0 heterocycles. The number of benzene rings is 1. The highest BCUT2D eigenvalue weighted by Gasteiger charge is 2.29. The fourth-order valence-electron chi connectivity index (χ4n) is 2.66. The number of anilines is 1. The summed E-state index contributed by atoms with van der Waals surface area (Å²) in [5.41, 5.74) is 6.97. The second kappa shape index (κ2) is 6.11. The molecular formula is C14H22N2O3S. The van der Waals surface area contributed by atoms with Crippen LogP contribution >= 0.6 is 0 Å². The van der Waals surface area contributed by atoms with E-state index in [1.807, 2.05) is 6.92 Å². The van der Waals surface area contributed by atoms with Crippen molar-refractivity contribution in [2.24, 2.45) is 0 Å². The van der Waals surface area contributed by atoms with Crippen LogP contribution in [0, 0.1) is 0 Å². The highest BCUT2D eigenvalue weighted by molar-refractivity contribution is 7.89. The zero-order valence-electron chi connectivity index (χ0n) is 11.9. The summed E-state index contributed by atoms with van der Waals surface area (Å²) >= 11 is 0. The van der Waals surface area contributed by atoms with Crippen LogP contribution in [0.25, 0.3) is 0 Å². The van der Waals surface area contributed by atoms with Gasteiger partial charge in [0.1, 0.15) is 0 Å². The quantitative estimate of drug-likeness (QED) is 0.810. The first-order chi connectivity index (χ1) is 9.46. The molecule has 0 amide bonds. The minimum absolute atomic E-state index is 0.0592. The Bertz CT molecular complexity index is 572. The monoisotopic (exact) mass is 298 g/mol. The summed E-state index contributed by atoms with van der Waals surface area (Å²) in [6, 6.07) is 4.98. The number of hydrogen-bond acceptors (Lipinski definition) is 4. The van der Waals surface area contributed by atoms with E-state index in [1.54, 1.807) is 19.2 Å². The van der Waals surface area contributed by atoms with Crippen LogP contribution in [0.4, 0.5) is 5.69 Å². The van der Waals surface area contributed by atoms with Crippen molar-refractivity contribution >= 4 is 15.7 Å². The molecule has 2 rings (SSSR count). The molecule has 2 atom stereocenters. The van der Waals surface area contributed by atoms with Gasteiger partial charge in [0, 0.05) is 18.8 Å². The molecule has 0 spiro atoms. The Morgan fingerprint density at radius 1 is 1.40 bits per heavy atom. The minimum Gasteiger partial charge on any atom is -0.399 e. The van der Waals surface area contributed by atoms with Gasteiger partial charge >= 0.3 is 0 Å². The number of methoxy groups -OCH3 is 1. The van der Waals surface area contributed by atoms with Gasteiger partial charge in [-0.05, 0) is 43.4 Å². The predicted octanol–water partition coefficient (Wildman–Crippen LogP) is 1.68. The van der Waals surface area contributed by atoms with Gasteiger partial charge in [0.15, 0.2) is 0 Å². The maximum Gasteiger partial charge on any atom is 0.241 e. The number of hydrogen-bond donors (Lipinski definition) is 2. The van der Waals surface area contributed by atoms with Gasteiger partial charge in [-0.2, -0.15) is 0 Å². The van der Waals surface area contributed by atoms with Crippen molar-refractivity contribution in [1.29, 1.82) is 0 Å². The van der Waals surface area contributed by atoms with Crippen molar-refractivity contribution in [3.8, 4) is 0 Å². The number of rotatable bonds is 5. The van der Waals surface area contributed by atoms with Gasteiger partial charge in [-0.1, -0.05) is 13.0 Å². The van der Waals surface area contributed by atoms with E-state index in [1.165, 1.54) is 6.07 Å². The van der Waals surface area contributed by atoms with Gasteiger partial charge in [0.05, 0.1) is 11.0 Å². The Hall–Kier alpha value is -1.11. The van der Waals surface area contributed by atoms with E-state index in [0.29, 0.717) is 17.0 Å². The zero-order valence-corrected chi connectivity index (χ0v) is 12.7. The van der Waals surface area contributed by atoms with Gasteiger partial charge in [-0.25, -0.2) is 13.1 Å². The molecule has 0 bridgehead atoms. The number of nitrogens with two attached hydrogens (primary N) is 1. The zero-order chi connectivity index (χ0) is 14.8. The fraction of sp³-hybridized carbons (Fsp3) is 0.571. The van der Waals surface area contributed by atoms with Gasteiger partial charge in [-0.15, -0.1) is 0 Å². The SMILES string of the molecule is CCc1ccc(N)cc1S(=O)(=O)NC1CCC(OC)C1. The molecule has 1 saturated carbocycles. The first kappa shape index (κ1) is 15.3. The van der Waals surface area contributed by atoms with Crippen LogP contribution in [0.3, 0.4) is 0 Å². The van der Waals surface area contributed by atoms with E-state index in [-0.39, 0.29) is 12.1 Å². The van der Waals surface area contributed by atoms with Crippen molar-refractivity contribution in [3.63, 3.8) is 0 Å². The topological polar surface area (TPSA) is 81.4 Å². The first-order valence-electron chi connectivity index (χ1n) is 6.89. The molecule has 5 nitrogen and oxygen atoms in total. The number of sulfonamides is 1. The number of ether oxygens (including phenoxy) is 1. The van der Waals surface area contributed by atoms with E-state index in [4.69, 9.17) is 10.5 Å². The molecule has 0 aromatic heterocycles. The van der Waals surface area contributed by atoms with E-state index in [0.717, 1.165) is 24.8 Å². The summed E-state index contributed by atoms with van der Waals surface area (Å²) in [5, 5.41) is 0.